The van der Waals surface area contributed by atoms with Gasteiger partial charge in [-0.2, -0.15) is 4.98 Å². The van der Waals surface area contributed by atoms with E-state index in [2.05, 4.69) is 25.3 Å². The van der Waals surface area contributed by atoms with E-state index in [4.69, 9.17) is 20.9 Å². The molecule has 1 N–H and O–H groups in total. The fraction of sp³-hybridized carbons (Fsp3) is 0.524. The van der Waals surface area contributed by atoms with Gasteiger partial charge in [-0.05, 0) is 32.9 Å². The topological polar surface area (TPSA) is 96.1 Å². The van der Waals surface area contributed by atoms with Crippen LogP contribution in [-0.4, -0.2) is 76.4 Å². The van der Waals surface area contributed by atoms with Gasteiger partial charge >= 0.3 is 6.09 Å². The zero-order valence-corrected chi connectivity index (χ0v) is 21.5. The maximum absolute atomic E-state index is 12.3. The van der Waals surface area contributed by atoms with Gasteiger partial charge in [0.1, 0.15) is 5.60 Å². The number of piperazine rings is 1. The van der Waals surface area contributed by atoms with E-state index in [1.165, 1.54) is 0 Å². The third-order valence-corrected chi connectivity index (χ3v) is 5.27. The molecule has 3 heterocycles. The van der Waals surface area contributed by atoms with E-state index < -0.39 is 5.60 Å². The number of nitrogens with zero attached hydrogens (tertiary/aromatic N) is 5. The van der Waals surface area contributed by atoms with Gasteiger partial charge in [0.25, 0.3) is 0 Å². The lowest BCUT2D eigenvalue weighted by atomic mass is 10.2. The second kappa shape index (κ2) is 10.2. The Morgan fingerprint density at radius 3 is 2.91 bits per heavy atom. The standard InChI is InChI=1S/C21H27ClN6O3.HI/c1-21(2,3)30-20(29)27-9-10-28-16(13-27)12-24-19(28)23-8-7-17-25-18(26-31-17)14-5-4-6-15(22)11-14;/h4-6,11,16H,7-10,12-13H2,1-3H3,(H,23,24);1H. The SMILES string of the molecule is CC(C)(C)OC(=O)N1CCN2C(NCCc3nc(-c4cccc(Cl)c4)no3)=NCC2C1.I. The van der Waals surface area contributed by atoms with E-state index in [-0.39, 0.29) is 36.1 Å². The van der Waals surface area contributed by atoms with Crippen LogP contribution >= 0.6 is 35.6 Å². The van der Waals surface area contributed by atoms with Crippen LogP contribution in [0.3, 0.4) is 0 Å². The van der Waals surface area contributed by atoms with Crippen molar-refractivity contribution in [1.29, 1.82) is 0 Å². The van der Waals surface area contributed by atoms with Crippen LogP contribution in [0.4, 0.5) is 4.79 Å². The highest BCUT2D eigenvalue weighted by molar-refractivity contribution is 14.0. The highest BCUT2D eigenvalue weighted by atomic mass is 127. The normalized spacial score (nSPS) is 18.0. The third-order valence-electron chi connectivity index (χ3n) is 5.03. The van der Waals surface area contributed by atoms with Crippen molar-refractivity contribution in [2.24, 2.45) is 4.99 Å². The molecular formula is C21H28ClIN6O3. The first-order chi connectivity index (χ1) is 14.8. The average molecular weight is 575 g/mol. The van der Waals surface area contributed by atoms with Crippen LogP contribution in [0, 0.1) is 0 Å². The summed E-state index contributed by atoms with van der Waals surface area (Å²) in [5.74, 6) is 1.92. The van der Waals surface area contributed by atoms with Crippen molar-refractivity contribution in [3.05, 3.63) is 35.2 Å². The molecule has 1 fully saturated rings. The Morgan fingerprint density at radius 1 is 1.34 bits per heavy atom. The van der Waals surface area contributed by atoms with Crippen molar-refractivity contribution in [1.82, 2.24) is 25.3 Å². The first kappa shape index (κ1) is 24.6. The number of rotatable bonds is 4. The number of aliphatic imine (C=N–C) groups is 1. The largest absolute Gasteiger partial charge is 0.444 e. The van der Waals surface area contributed by atoms with Crippen LogP contribution in [0.15, 0.2) is 33.8 Å². The number of ether oxygens (including phenoxy) is 1. The number of amides is 1. The van der Waals surface area contributed by atoms with Crippen molar-refractivity contribution >= 4 is 47.6 Å². The van der Waals surface area contributed by atoms with E-state index in [0.717, 1.165) is 18.1 Å². The Labute approximate surface area is 209 Å². The molecule has 9 nitrogen and oxygen atoms in total. The summed E-state index contributed by atoms with van der Waals surface area (Å²) in [7, 11) is 0. The summed E-state index contributed by atoms with van der Waals surface area (Å²) < 4.78 is 10.8. The third kappa shape index (κ3) is 6.03. The molecule has 0 spiro atoms. The van der Waals surface area contributed by atoms with Crippen molar-refractivity contribution in [2.45, 2.75) is 38.8 Å². The van der Waals surface area contributed by atoms with Crippen LogP contribution < -0.4 is 5.32 Å². The Hall–Kier alpha value is -2.08. The lowest BCUT2D eigenvalue weighted by Gasteiger charge is -2.39. The first-order valence-electron chi connectivity index (χ1n) is 10.4. The predicted molar refractivity (Wildman–Crippen MR) is 132 cm³/mol. The molecule has 0 bridgehead atoms. The minimum absolute atomic E-state index is 0. The molecule has 1 aromatic carbocycles. The Balaban J connectivity index is 0.00000289. The van der Waals surface area contributed by atoms with Crippen molar-refractivity contribution in [3.63, 3.8) is 0 Å². The van der Waals surface area contributed by atoms with Gasteiger partial charge in [0.15, 0.2) is 5.96 Å². The molecule has 1 unspecified atom stereocenters. The number of hydrogen-bond donors (Lipinski definition) is 1. The number of guanidine groups is 1. The Morgan fingerprint density at radius 2 is 2.16 bits per heavy atom. The second-order valence-electron chi connectivity index (χ2n) is 8.64. The van der Waals surface area contributed by atoms with Crippen molar-refractivity contribution in [2.75, 3.05) is 32.7 Å². The van der Waals surface area contributed by atoms with Gasteiger partial charge in [-0.15, -0.1) is 24.0 Å². The summed E-state index contributed by atoms with van der Waals surface area (Å²) in [6.07, 6.45) is 0.315. The number of halogens is 2. The number of nitrogens with one attached hydrogen (secondary N) is 1. The van der Waals surface area contributed by atoms with E-state index >= 15 is 0 Å². The van der Waals surface area contributed by atoms with Crippen LogP contribution in [0.25, 0.3) is 11.4 Å². The van der Waals surface area contributed by atoms with Gasteiger partial charge in [0.05, 0.1) is 12.6 Å². The molecule has 0 saturated carbocycles. The number of fused-ring (bicyclic) bond motifs is 1. The molecule has 0 radical (unpaired) electrons. The molecule has 0 aliphatic carbocycles. The van der Waals surface area contributed by atoms with E-state index in [9.17, 15) is 4.79 Å². The van der Waals surface area contributed by atoms with Crippen molar-refractivity contribution < 1.29 is 14.1 Å². The summed E-state index contributed by atoms with van der Waals surface area (Å²) in [6, 6.07) is 7.52. The predicted octanol–water partition coefficient (Wildman–Crippen LogP) is 3.43. The molecule has 2 aliphatic rings. The minimum Gasteiger partial charge on any atom is -0.444 e. The van der Waals surface area contributed by atoms with Crippen LogP contribution in [0.2, 0.25) is 5.02 Å². The van der Waals surface area contributed by atoms with Gasteiger partial charge in [-0.3, -0.25) is 4.99 Å². The lowest BCUT2D eigenvalue weighted by Crippen LogP contribution is -2.57. The molecule has 1 atom stereocenters. The quantitative estimate of drug-likeness (QED) is 0.559. The number of carbonyl (C=O) groups excluding carboxylic acids is 1. The zero-order valence-electron chi connectivity index (χ0n) is 18.4. The van der Waals surface area contributed by atoms with E-state index in [0.29, 0.717) is 49.3 Å². The monoisotopic (exact) mass is 574 g/mol. The fourth-order valence-electron chi connectivity index (χ4n) is 3.61. The Bertz CT molecular complexity index is 976. The van der Waals surface area contributed by atoms with Gasteiger partial charge in [-0.25, -0.2) is 4.79 Å². The molecule has 1 amide bonds. The number of benzene rings is 1. The van der Waals surface area contributed by atoms with Crippen LogP contribution in [-0.2, 0) is 11.2 Å². The van der Waals surface area contributed by atoms with Gasteiger partial charge < -0.3 is 24.4 Å². The molecule has 174 valence electrons. The van der Waals surface area contributed by atoms with E-state index in [1.54, 1.807) is 17.0 Å². The van der Waals surface area contributed by atoms with Gasteiger partial charge in [-0.1, -0.05) is 28.9 Å². The molecule has 1 saturated heterocycles. The molecule has 1 aromatic heterocycles. The van der Waals surface area contributed by atoms with Gasteiger partial charge in [0.2, 0.25) is 11.7 Å². The number of aromatic nitrogens is 2. The summed E-state index contributed by atoms with van der Waals surface area (Å²) in [5, 5.41) is 8.02. The maximum Gasteiger partial charge on any atom is 0.410 e. The lowest BCUT2D eigenvalue weighted by molar-refractivity contribution is 0.0137. The average Bonchev–Trinajstić information content (AvgIpc) is 3.34. The molecular weight excluding hydrogens is 547 g/mol. The highest BCUT2D eigenvalue weighted by Gasteiger charge is 2.36. The summed E-state index contributed by atoms with van der Waals surface area (Å²) in [5.41, 5.74) is 0.329. The van der Waals surface area contributed by atoms with E-state index in [1.807, 2.05) is 32.9 Å². The second-order valence-corrected chi connectivity index (χ2v) is 9.07. The molecule has 4 rings (SSSR count). The molecule has 32 heavy (non-hydrogen) atoms. The van der Waals surface area contributed by atoms with Crippen LogP contribution in [0.5, 0.6) is 0 Å². The summed E-state index contributed by atoms with van der Waals surface area (Å²) in [4.78, 5) is 25.4. The molecule has 2 aliphatic heterocycles. The molecule has 2 aromatic rings. The van der Waals surface area contributed by atoms with Crippen LogP contribution in [0.1, 0.15) is 26.7 Å². The first-order valence-corrected chi connectivity index (χ1v) is 10.8. The fourth-order valence-corrected chi connectivity index (χ4v) is 3.80. The number of hydrogen-bond acceptors (Lipinski definition) is 8. The minimum atomic E-state index is -0.492. The zero-order chi connectivity index (χ0) is 22.0. The number of carbonyl (C=O) groups is 1. The summed E-state index contributed by atoms with van der Waals surface area (Å²) in [6.45, 7) is 8.84. The summed E-state index contributed by atoms with van der Waals surface area (Å²) >= 11 is 6.03. The Kier molecular flexibility index (Phi) is 7.86. The van der Waals surface area contributed by atoms with Gasteiger partial charge in [0, 0.05) is 43.2 Å². The van der Waals surface area contributed by atoms with Crippen molar-refractivity contribution in [3.8, 4) is 11.4 Å². The maximum atomic E-state index is 12.3. The smallest absolute Gasteiger partial charge is 0.410 e. The highest BCUT2D eigenvalue weighted by Crippen LogP contribution is 2.21. The molecule has 11 heteroatoms.